The lowest BCUT2D eigenvalue weighted by molar-refractivity contribution is -0.117. The van der Waals surface area contributed by atoms with Gasteiger partial charge in [-0.1, -0.05) is 37.6 Å². The second-order valence-corrected chi connectivity index (χ2v) is 7.81. The molecule has 0 unspecified atom stereocenters. The molecule has 1 saturated carbocycles. The molecule has 2 atom stereocenters. The lowest BCUT2D eigenvalue weighted by Crippen LogP contribution is -2.48. The maximum Gasteiger partial charge on any atom is 0.321 e. The van der Waals surface area contributed by atoms with Crippen LogP contribution >= 0.6 is 11.8 Å². The van der Waals surface area contributed by atoms with E-state index in [1.165, 1.54) is 18.2 Å². The van der Waals surface area contributed by atoms with Crippen LogP contribution in [0, 0.1) is 5.92 Å². The molecule has 0 aliphatic heterocycles. The van der Waals surface area contributed by atoms with Crippen LogP contribution in [0.25, 0.3) is 5.69 Å². The van der Waals surface area contributed by atoms with Crippen molar-refractivity contribution in [2.75, 3.05) is 12.9 Å². The van der Waals surface area contributed by atoms with E-state index in [9.17, 15) is 9.59 Å². The number of thioether (sulfide) groups is 1. The van der Waals surface area contributed by atoms with Gasteiger partial charge in [-0.2, -0.15) is 0 Å². The molecule has 1 heterocycles. The molecule has 150 valence electrons. The van der Waals surface area contributed by atoms with Crippen molar-refractivity contribution in [1.82, 2.24) is 25.4 Å². The zero-order chi connectivity index (χ0) is 19.9. The van der Waals surface area contributed by atoms with Gasteiger partial charge in [-0.25, -0.2) is 4.79 Å². The number of urea groups is 1. The van der Waals surface area contributed by atoms with Gasteiger partial charge in [-0.15, -0.1) is 10.2 Å². The average Bonchev–Trinajstić information content (AvgIpc) is 3.17. The lowest BCUT2D eigenvalue weighted by atomic mass is 9.86. The first kappa shape index (κ1) is 20.2. The second-order valence-electron chi connectivity index (χ2n) is 6.86. The smallest absolute Gasteiger partial charge is 0.321 e. The monoisotopic (exact) mass is 403 g/mol. The molecule has 1 aromatic heterocycles. The first-order chi connectivity index (χ1) is 13.6. The average molecular weight is 404 g/mol. The number of hydrogen-bond donors (Lipinski definition) is 2. The van der Waals surface area contributed by atoms with Crippen molar-refractivity contribution in [2.45, 2.75) is 43.8 Å². The van der Waals surface area contributed by atoms with Crippen LogP contribution < -0.4 is 15.4 Å². The normalized spacial score (nSPS) is 19.1. The highest BCUT2D eigenvalue weighted by molar-refractivity contribution is 7.99. The molecular weight excluding hydrogens is 378 g/mol. The molecule has 1 aromatic carbocycles. The van der Waals surface area contributed by atoms with Crippen LogP contribution in [0.5, 0.6) is 5.75 Å². The van der Waals surface area contributed by atoms with Gasteiger partial charge < -0.3 is 10.1 Å². The number of imide groups is 1. The van der Waals surface area contributed by atoms with Gasteiger partial charge in [-0.3, -0.25) is 14.7 Å². The van der Waals surface area contributed by atoms with E-state index in [4.69, 9.17) is 4.74 Å². The molecule has 1 aliphatic carbocycles. The van der Waals surface area contributed by atoms with Crippen molar-refractivity contribution >= 4 is 23.7 Å². The standard InChI is InChI=1S/C19H25N5O3S/c1-13-6-3-4-9-16(13)21-18(26)22-17(25)11-28-19-23-20-12-24(19)14-7-5-8-15(10-14)27-2/h5,7-8,10,12-13,16H,3-4,6,9,11H2,1-2H3,(H2,21,22,25,26)/t13-,16-/m1/s1. The first-order valence-corrected chi connectivity index (χ1v) is 10.3. The van der Waals surface area contributed by atoms with Gasteiger partial charge in [0.05, 0.1) is 18.6 Å². The summed E-state index contributed by atoms with van der Waals surface area (Å²) in [7, 11) is 1.60. The molecule has 0 spiro atoms. The predicted octanol–water partition coefficient (Wildman–Crippen LogP) is 2.77. The third kappa shape index (κ3) is 5.25. The van der Waals surface area contributed by atoms with E-state index >= 15 is 0 Å². The third-order valence-corrected chi connectivity index (χ3v) is 5.80. The molecule has 1 fully saturated rings. The Labute approximate surface area is 168 Å². The van der Waals surface area contributed by atoms with Gasteiger partial charge in [0.1, 0.15) is 12.1 Å². The van der Waals surface area contributed by atoms with E-state index in [1.54, 1.807) is 18.0 Å². The van der Waals surface area contributed by atoms with E-state index in [1.807, 2.05) is 24.3 Å². The van der Waals surface area contributed by atoms with Crippen LogP contribution in [0.2, 0.25) is 0 Å². The quantitative estimate of drug-likeness (QED) is 0.720. The molecule has 28 heavy (non-hydrogen) atoms. The number of hydrogen-bond acceptors (Lipinski definition) is 6. The van der Waals surface area contributed by atoms with Gasteiger partial charge in [0.25, 0.3) is 0 Å². The van der Waals surface area contributed by atoms with Crippen LogP contribution in [0.3, 0.4) is 0 Å². The minimum atomic E-state index is -0.432. The van der Waals surface area contributed by atoms with Crippen molar-refractivity contribution < 1.29 is 14.3 Å². The summed E-state index contributed by atoms with van der Waals surface area (Å²) >= 11 is 1.22. The first-order valence-electron chi connectivity index (χ1n) is 9.34. The van der Waals surface area contributed by atoms with Gasteiger partial charge in [0.15, 0.2) is 5.16 Å². The number of aromatic nitrogens is 3. The highest BCUT2D eigenvalue weighted by Crippen LogP contribution is 2.24. The molecule has 0 bridgehead atoms. The largest absolute Gasteiger partial charge is 0.497 e. The third-order valence-electron chi connectivity index (χ3n) is 4.86. The van der Waals surface area contributed by atoms with E-state index in [0.717, 1.165) is 24.9 Å². The fourth-order valence-corrected chi connectivity index (χ4v) is 4.02. The Kier molecular flexibility index (Phi) is 6.91. The summed E-state index contributed by atoms with van der Waals surface area (Å²) in [5, 5.41) is 13.9. The molecule has 1 aliphatic rings. The van der Waals surface area contributed by atoms with Crippen molar-refractivity contribution in [3.63, 3.8) is 0 Å². The SMILES string of the molecule is COc1cccc(-n2cnnc2SCC(=O)NC(=O)N[C@@H]2CCCC[C@H]2C)c1. The molecule has 3 rings (SSSR count). The van der Waals surface area contributed by atoms with Gasteiger partial charge in [0, 0.05) is 12.1 Å². The summed E-state index contributed by atoms with van der Waals surface area (Å²) in [5.41, 5.74) is 0.830. The van der Waals surface area contributed by atoms with Crippen molar-refractivity contribution in [1.29, 1.82) is 0 Å². The van der Waals surface area contributed by atoms with Gasteiger partial charge >= 0.3 is 6.03 Å². The summed E-state index contributed by atoms with van der Waals surface area (Å²) in [6, 6.07) is 7.16. The Bertz CT molecular complexity index is 825. The topological polar surface area (TPSA) is 98.1 Å². The fraction of sp³-hybridized carbons (Fsp3) is 0.474. The number of benzene rings is 1. The lowest BCUT2D eigenvalue weighted by Gasteiger charge is -2.29. The highest BCUT2D eigenvalue weighted by atomic mass is 32.2. The number of carbonyl (C=O) groups is 2. The van der Waals surface area contributed by atoms with Crippen molar-refractivity contribution in [3.05, 3.63) is 30.6 Å². The summed E-state index contributed by atoms with van der Waals surface area (Å²) in [6.07, 6.45) is 5.95. The zero-order valence-electron chi connectivity index (χ0n) is 16.1. The number of nitrogens with zero attached hydrogens (tertiary/aromatic N) is 3. The predicted molar refractivity (Wildman–Crippen MR) is 107 cm³/mol. The molecule has 2 N–H and O–H groups in total. The zero-order valence-corrected chi connectivity index (χ0v) is 16.9. The number of ether oxygens (including phenoxy) is 1. The van der Waals surface area contributed by atoms with Crippen molar-refractivity contribution in [3.8, 4) is 11.4 Å². The Balaban J connectivity index is 1.52. The van der Waals surface area contributed by atoms with Crippen LogP contribution in [-0.4, -0.2) is 45.6 Å². The molecule has 8 nitrogen and oxygen atoms in total. The number of methoxy groups -OCH3 is 1. The van der Waals surface area contributed by atoms with E-state index in [0.29, 0.717) is 16.8 Å². The number of carbonyl (C=O) groups excluding carboxylic acids is 2. The number of rotatable bonds is 6. The number of amides is 3. The second kappa shape index (κ2) is 9.59. The highest BCUT2D eigenvalue weighted by Gasteiger charge is 2.23. The molecule has 0 saturated heterocycles. The molecule has 2 aromatic rings. The van der Waals surface area contributed by atoms with Gasteiger partial charge in [-0.05, 0) is 30.9 Å². The molecule has 3 amide bonds. The van der Waals surface area contributed by atoms with Crippen LogP contribution in [0.4, 0.5) is 4.79 Å². The van der Waals surface area contributed by atoms with E-state index < -0.39 is 6.03 Å². The Hall–Kier alpha value is -2.55. The molecule has 0 radical (unpaired) electrons. The molecular formula is C19H25N5O3S. The number of nitrogens with one attached hydrogen (secondary N) is 2. The maximum atomic E-state index is 12.1. The Morgan fingerprint density at radius 3 is 2.93 bits per heavy atom. The van der Waals surface area contributed by atoms with E-state index in [2.05, 4.69) is 27.8 Å². The van der Waals surface area contributed by atoms with Gasteiger partial charge in [0.2, 0.25) is 5.91 Å². The summed E-state index contributed by atoms with van der Waals surface area (Å²) in [6.45, 7) is 2.13. The summed E-state index contributed by atoms with van der Waals surface area (Å²) in [4.78, 5) is 24.2. The maximum absolute atomic E-state index is 12.1. The fourth-order valence-electron chi connectivity index (χ4n) is 3.29. The van der Waals surface area contributed by atoms with Crippen LogP contribution in [0.15, 0.2) is 35.7 Å². The minimum absolute atomic E-state index is 0.0658. The minimum Gasteiger partial charge on any atom is -0.497 e. The Morgan fingerprint density at radius 2 is 2.14 bits per heavy atom. The van der Waals surface area contributed by atoms with Crippen LogP contribution in [-0.2, 0) is 4.79 Å². The summed E-state index contributed by atoms with van der Waals surface area (Å²) in [5.74, 6) is 0.848. The summed E-state index contributed by atoms with van der Waals surface area (Å²) < 4.78 is 7.00. The Morgan fingerprint density at radius 1 is 1.32 bits per heavy atom. The van der Waals surface area contributed by atoms with E-state index in [-0.39, 0.29) is 17.7 Å². The van der Waals surface area contributed by atoms with Crippen LogP contribution in [0.1, 0.15) is 32.6 Å². The van der Waals surface area contributed by atoms with Crippen molar-refractivity contribution in [2.24, 2.45) is 5.92 Å². The molecule has 9 heteroatoms.